The molecule has 0 aliphatic heterocycles. The number of halogens is 2. The van der Waals surface area contributed by atoms with Gasteiger partial charge in [-0.3, -0.25) is 9.59 Å². The van der Waals surface area contributed by atoms with Crippen LogP contribution in [-0.2, 0) is 24.5 Å². The molecule has 0 aliphatic rings. The van der Waals surface area contributed by atoms with E-state index in [1.807, 2.05) is 0 Å². The third kappa shape index (κ3) is 3.77. The number of ether oxygens (including phenoxy) is 2. The Hall–Kier alpha value is -1.98. The van der Waals surface area contributed by atoms with Gasteiger partial charge in [-0.25, -0.2) is 8.78 Å². The summed E-state index contributed by atoms with van der Waals surface area (Å²) in [6, 6.07) is 7.67. The molecule has 0 atom stereocenters. The molecule has 0 aromatic heterocycles. The van der Waals surface area contributed by atoms with E-state index in [2.05, 4.69) is 0 Å². The van der Waals surface area contributed by atoms with Gasteiger partial charge in [-0.15, -0.1) is 0 Å². The predicted molar refractivity (Wildman–Crippen MR) is 72.0 cm³/mol. The number of esters is 2. The lowest BCUT2D eigenvalue weighted by atomic mass is 9.77. The molecule has 0 radical (unpaired) electrons. The Bertz CT molecular complexity index is 456. The maximum atomic E-state index is 13.0. The Morgan fingerprint density at radius 3 is 1.90 bits per heavy atom. The number of carbonyl (C=O) groups is 2. The van der Waals surface area contributed by atoms with Crippen LogP contribution in [0.25, 0.3) is 0 Å². The lowest BCUT2D eigenvalue weighted by Crippen LogP contribution is -2.47. The van der Waals surface area contributed by atoms with Gasteiger partial charge >= 0.3 is 11.9 Å². The van der Waals surface area contributed by atoms with E-state index in [0.717, 1.165) is 0 Å². The van der Waals surface area contributed by atoms with Crippen LogP contribution in [0.2, 0.25) is 0 Å². The second-order valence-electron chi connectivity index (χ2n) is 4.31. The highest BCUT2D eigenvalue weighted by molar-refractivity contribution is 6.06. The highest BCUT2D eigenvalue weighted by Gasteiger charge is 2.52. The molecule has 0 amide bonds. The summed E-state index contributed by atoms with van der Waals surface area (Å²) in [7, 11) is 0. The normalized spacial score (nSPS) is 11.3. The van der Waals surface area contributed by atoms with Crippen LogP contribution in [0.3, 0.4) is 0 Å². The average Bonchev–Trinajstić information content (AvgIpc) is 2.45. The molecule has 21 heavy (non-hydrogen) atoms. The van der Waals surface area contributed by atoms with Gasteiger partial charge in [-0.05, 0) is 19.4 Å². The second-order valence-corrected chi connectivity index (χ2v) is 4.31. The summed E-state index contributed by atoms with van der Waals surface area (Å²) in [6.45, 7) is 3.05. The lowest BCUT2D eigenvalue weighted by Gasteiger charge is -2.29. The summed E-state index contributed by atoms with van der Waals surface area (Å²) in [5.41, 5.74) is -2.00. The second kappa shape index (κ2) is 7.71. The molecule has 0 spiro atoms. The van der Waals surface area contributed by atoms with Crippen molar-refractivity contribution in [3.8, 4) is 0 Å². The van der Waals surface area contributed by atoms with Crippen molar-refractivity contribution < 1.29 is 27.8 Å². The first-order valence-electron chi connectivity index (χ1n) is 6.67. The molecular formula is C15H18F2O4. The number of alkyl halides is 2. The maximum absolute atomic E-state index is 13.0. The first-order chi connectivity index (χ1) is 9.98. The number of hydrogen-bond donors (Lipinski definition) is 0. The van der Waals surface area contributed by atoms with Crippen LogP contribution in [-0.4, -0.2) is 31.6 Å². The fourth-order valence-electron chi connectivity index (χ4n) is 2.07. The zero-order valence-corrected chi connectivity index (χ0v) is 12.0. The van der Waals surface area contributed by atoms with E-state index in [0.29, 0.717) is 0 Å². The Labute approximate surface area is 122 Å². The fourth-order valence-corrected chi connectivity index (χ4v) is 2.07. The van der Waals surface area contributed by atoms with E-state index >= 15 is 0 Å². The molecule has 1 aromatic rings. The first kappa shape index (κ1) is 17.1. The summed E-state index contributed by atoms with van der Waals surface area (Å²) in [5, 5.41) is 0. The lowest BCUT2D eigenvalue weighted by molar-refractivity contribution is -0.167. The van der Waals surface area contributed by atoms with Gasteiger partial charge in [0.15, 0.2) is 5.41 Å². The zero-order valence-electron chi connectivity index (χ0n) is 12.0. The number of benzene rings is 1. The van der Waals surface area contributed by atoms with Crippen molar-refractivity contribution in [3.63, 3.8) is 0 Å². The van der Waals surface area contributed by atoms with Gasteiger partial charge in [0.05, 0.1) is 13.2 Å². The van der Waals surface area contributed by atoms with Crippen LogP contribution in [0.15, 0.2) is 30.3 Å². The minimum Gasteiger partial charge on any atom is -0.465 e. The molecule has 0 saturated heterocycles. The van der Waals surface area contributed by atoms with Crippen LogP contribution < -0.4 is 0 Å². The fraction of sp³-hybridized carbons (Fsp3) is 0.467. The van der Waals surface area contributed by atoms with Crippen LogP contribution in [0.4, 0.5) is 8.78 Å². The predicted octanol–water partition coefficient (Wildman–Crippen LogP) is 2.71. The summed E-state index contributed by atoms with van der Waals surface area (Å²) in [4.78, 5) is 24.5. The summed E-state index contributed by atoms with van der Waals surface area (Å²) in [5.74, 6) is -2.04. The molecule has 0 heterocycles. The molecule has 1 rings (SSSR count). The summed E-state index contributed by atoms with van der Waals surface area (Å²) < 4.78 is 35.7. The van der Waals surface area contributed by atoms with Crippen molar-refractivity contribution in [2.45, 2.75) is 32.1 Å². The van der Waals surface area contributed by atoms with Gasteiger partial charge in [0.1, 0.15) is 0 Å². The van der Waals surface area contributed by atoms with Gasteiger partial charge < -0.3 is 9.47 Å². The Morgan fingerprint density at radius 1 is 1.05 bits per heavy atom. The molecule has 0 bridgehead atoms. The molecular weight excluding hydrogens is 282 g/mol. The van der Waals surface area contributed by atoms with Gasteiger partial charge in [-0.2, -0.15) is 0 Å². The van der Waals surface area contributed by atoms with Crippen molar-refractivity contribution in [1.29, 1.82) is 0 Å². The Kier molecular flexibility index (Phi) is 6.27. The number of hydrogen-bond acceptors (Lipinski definition) is 4. The smallest absolute Gasteiger partial charge is 0.328 e. The minimum atomic E-state index is -2.86. The van der Waals surface area contributed by atoms with Crippen LogP contribution in [0.5, 0.6) is 0 Å². The zero-order chi connectivity index (χ0) is 15.9. The van der Waals surface area contributed by atoms with E-state index in [9.17, 15) is 18.4 Å². The van der Waals surface area contributed by atoms with Gasteiger partial charge in [0.2, 0.25) is 6.43 Å². The topological polar surface area (TPSA) is 52.6 Å². The average molecular weight is 300 g/mol. The molecule has 0 aliphatic carbocycles. The number of rotatable bonds is 7. The van der Waals surface area contributed by atoms with E-state index in [-0.39, 0.29) is 18.8 Å². The Morgan fingerprint density at radius 2 is 1.52 bits per heavy atom. The first-order valence-corrected chi connectivity index (χ1v) is 6.67. The molecule has 6 heteroatoms. The molecule has 0 fully saturated rings. The van der Waals surface area contributed by atoms with Crippen molar-refractivity contribution >= 4 is 11.9 Å². The third-order valence-corrected chi connectivity index (χ3v) is 2.97. The molecule has 4 nitrogen and oxygen atoms in total. The number of carbonyl (C=O) groups excluding carboxylic acids is 2. The highest BCUT2D eigenvalue weighted by atomic mass is 19.3. The van der Waals surface area contributed by atoms with Crippen molar-refractivity contribution in [2.75, 3.05) is 13.2 Å². The molecule has 0 N–H and O–H groups in total. The highest BCUT2D eigenvalue weighted by Crippen LogP contribution is 2.34. The molecule has 0 unspecified atom stereocenters. The van der Waals surface area contributed by atoms with Crippen molar-refractivity contribution in [2.24, 2.45) is 0 Å². The van der Waals surface area contributed by atoms with E-state index in [1.165, 1.54) is 12.1 Å². The van der Waals surface area contributed by atoms with Crippen LogP contribution >= 0.6 is 0 Å². The quantitative estimate of drug-likeness (QED) is 0.574. The largest absolute Gasteiger partial charge is 0.465 e. The SMILES string of the molecule is CCOC(=O)C(CC(F)F)(C(=O)OCC)c1ccccc1. The molecule has 0 saturated carbocycles. The molecule has 116 valence electrons. The van der Waals surface area contributed by atoms with Gasteiger partial charge in [0, 0.05) is 6.42 Å². The molecule has 1 aromatic carbocycles. The summed E-state index contributed by atoms with van der Waals surface area (Å²) >= 11 is 0. The Balaban J connectivity index is 3.40. The van der Waals surface area contributed by atoms with Gasteiger partial charge in [-0.1, -0.05) is 30.3 Å². The van der Waals surface area contributed by atoms with E-state index < -0.39 is 30.2 Å². The minimum absolute atomic E-state index is 0.0178. The van der Waals surface area contributed by atoms with Crippen LogP contribution in [0.1, 0.15) is 25.8 Å². The van der Waals surface area contributed by atoms with Crippen molar-refractivity contribution in [3.05, 3.63) is 35.9 Å². The van der Waals surface area contributed by atoms with E-state index in [4.69, 9.17) is 9.47 Å². The summed E-state index contributed by atoms with van der Waals surface area (Å²) in [6.07, 6.45) is -3.84. The monoisotopic (exact) mass is 300 g/mol. The maximum Gasteiger partial charge on any atom is 0.328 e. The third-order valence-electron chi connectivity index (χ3n) is 2.97. The van der Waals surface area contributed by atoms with Crippen molar-refractivity contribution in [1.82, 2.24) is 0 Å². The van der Waals surface area contributed by atoms with Crippen LogP contribution in [0, 0.1) is 0 Å². The standard InChI is InChI=1S/C15H18F2O4/c1-3-20-13(18)15(10-12(16)17,14(19)21-4-2)11-8-6-5-7-9-11/h5-9,12H,3-4,10H2,1-2H3. The van der Waals surface area contributed by atoms with Gasteiger partial charge in [0.25, 0.3) is 0 Å². The van der Waals surface area contributed by atoms with E-state index in [1.54, 1.807) is 32.0 Å².